The first kappa shape index (κ1) is 17.3. The molecule has 0 spiro atoms. The summed E-state index contributed by atoms with van der Waals surface area (Å²) in [6, 6.07) is 0.792. The van der Waals surface area contributed by atoms with Crippen LogP contribution in [0.5, 0.6) is 0 Å². The number of urea groups is 1. The van der Waals surface area contributed by atoms with Gasteiger partial charge in [0.1, 0.15) is 0 Å². The van der Waals surface area contributed by atoms with Crippen LogP contribution in [0.25, 0.3) is 0 Å². The molecule has 1 aromatic heterocycles. The highest BCUT2D eigenvalue weighted by Crippen LogP contribution is 2.19. The Bertz CT molecular complexity index is 642. The lowest BCUT2D eigenvalue weighted by Gasteiger charge is -2.13. The van der Waals surface area contributed by atoms with E-state index in [1.165, 1.54) is 30.7 Å². The summed E-state index contributed by atoms with van der Waals surface area (Å²) < 4.78 is 0. The van der Waals surface area contributed by atoms with Crippen molar-refractivity contribution in [2.75, 3.05) is 12.3 Å². The molecule has 0 saturated carbocycles. The highest BCUT2D eigenvalue weighted by atomic mass is 32.2. The van der Waals surface area contributed by atoms with Gasteiger partial charge in [-0.15, -0.1) is 0 Å². The number of hydrogen-bond acceptors (Lipinski definition) is 5. The van der Waals surface area contributed by atoms with E-state index in [2.05, 4.69) is 26.7 Å². The number of rotatable bonds is 6. The van der Waals surface area contributed by atoms with Crippen LogP contribution in [0.2, 0.25) is 0 Å². The number of allylic oxidation sites excluding steroid dienone is 1. The fourth-order valence-electron chi connectivity index (χ4n) is 2.23. The number of H-pyrrole nitrogens is 1. The fourth-order valence-corrected chi connectivity index (χ4v) is 2.88. The molecule has 7 nitrogen and oxygen atoms in total. The maximum Gasteiger partial charge on any atom is 0.321 e. The number of carbonyl (C=O) groups excluding carboxylic acids is 2. The van der Waals surface area contributed by atoms with Crippen molar-refractivity contribution in [3.05, 3.63) is 34.3 Å². The Balaban J connectivity index is 1.63. The van der Waals surface area contributed by atoms with Crippen LogP contribution in [0, 0.1) is 0 Å². The average molecular weight is 336 g/mol. The molecule has 3 N–H and O–H groups in total. The summed E-state index contributed by atoms with van der Waals surface area (Å²) in [5.41, 5.74) is 1.09. The predicted octanol–water partition coefficient (Wildman–Crippen LogP) is 1.58. The molecule has 1 heterocycles. The van der Waals surface area contributed by atoms with Gasteiger partial charge >= 0.3 is 6.03 Å². The number of thioether (sulfide) groups is 1. The molecule has 3 amide bonds. The zero-order valence-corrected chi connectivity index (χ0v) is 13.6. The van der Waals surface area contributed by atoms with Gasteiger partial charge in [0.05, 0.1) is 5.75 Å². The Morgan fingerprint density at radius 2 is 2.22 bits per heavy atom. The Hall–Kier alpha value is -2.09. The topological polar surface area (TPSA) is 104 Å². The van der Waals surface area contributed by atoms with Gasteiger partial charge in [0.25, 0.3) is 5.56 Å². The molecule has 0 saturated heterocycles. The highest BCUT2D eigenvalue weighted by molar-refractivity contribution is 7.99. The third kappa shape index (κ3) is 6.68. The largest absolute Gasteiger partial charge is 0.337 e. The highest BCUT2D eigenvalue weighted by Gasteiger charge is 2.09. The summed E-state index contributed by atoms with van der Waals surface area (Å²) in [6.45, 7) is 0.519. The molecule has 124 valence electrons. The second-order valence-corrected chi connectivity index (χ2v) is 6.15. The number of aromatic nitrogens is 2. The van der Waals surface area contributed by atoms with Gasteiger partial charge < -0.3 is 10.3 Å². The van der Waals surface area contributed by atoms with E-state index in [4.69, 9.17) is 0 Å². The van der Waals surface area contributed by atoms with Crippen molar-refractivity contribution in [1.82, 2.24) is 20.6 Å². The molecule has 0 radical (unpaired) electrons. The molecular weight excluding hydrogens is 316 g/mol. The lowest BCUT2D eigenvalue weighted by Crippen LogP contribution is -2.40. The molecule has 0 unspecified atom stereocenters. The Morgan fingerprint density at radius 1 is 1.35 bits per heavy atom. The van der Waals surface area contributed by atoms with Crippen LogP contribution in [-0.4, -0.2) is 34.2 Å². The smallest absolute Gasteiger partial charge is 0.321 e. The van der Waals surface area contributed by atoms with Crippen molar-refractivity contribution >= 4 is 23.7 Å². The molecule has 2 rings (SSSR count). The number of amides is 3. The van der Waals surface area contributed by atoms with Crippen LogP contribution in [0.4, 0.5) is 4.79 Å². The van der Waals surface area contributed by atoms with Gasteiger partial charge in [0, 0.05) is 18.8 Å². The number of carbonyl (C=O) groups is 2. The maximum absolute atomic E-state index is 11.7. The number of aromatic amines is 1. The van der Waals surface area contributed by atoms with Crippen LogP contribution in [0.15, 0.2) is 33.9 Å². The van der Waals surface area contributed by atoms with E-state index in [1.54, 1.807) is 0 Å². The predicted molar refractivity (Wildman–Crippen MR) is 88.3 cm³/mol. The van der Waals surface area contributed by atoms with Crippen LogP contribution in [0.3, 0.4) is 0 Å². The SMILES string of the molecule is O=C(CSc1nccc(=O)[nH]1)NC(=O)NCCC1=CCCCC1. The van der Waals surface area contributed by atoms with Gasteiger partial charge in [-0.25, -0.2) is 9.78 Å². The second kappa shape index (κ2) is 9.14. The van der Waals surface area contributed by atoms with E-state index >= 15 is 0 Å². The number of hydrogen-bond donors (Lipinski definition) is 3. The van der Waals surface area contributed by atoms with Crippen molar-refractivity contribution in [3.8, 4) is 0 Å². The molecular formula is C15H20N4O3S. The molecule has 1 aliphatic rings. The molecule has 0 fully saturated rings. The molecule has 23 heavy (non-hydrogen) atoms. The summed E-state index contributed by atoms with van der Waals surface area (Å²) >= 11 is 1.06. The van der Waals surface area contributed by atoms with Crippen LogP contribution in [0.1, 0.15) is 32.1 Å². The number of imide groups is 1. The van der Waals surface area contributed by atoms with Crippen LogP contribution >= 0.6 is 11.8 Å². The normalized spacial score (nSPS) is 14.0. The Kier molecular flexibility index (Phi) is 6.86. The maximum atomic E-state index is 11.7. The molecule has 1 aromatic rings. The Morgan fingerprint density at radius 3 is 2.96 bits per heavy atom. The van der Waals surface area contributed by atoms with Crippen LogP contribution < -0.4 is 16.2 Å². The van der Waals surface area contributed by atoms with E-state index in [-0.39, 0.29) is 11.3 Å². The lowest BCUT2D eigenvalue weighted by atomic mass is 9.97. The first-order chi connectivity index (χ1) is 11.1. The summed E-state index contributed by atoms with van der Waals surface area (Å²) in [5.74, 6) is -0.429. The summed E-state index contributed by atoms with van der Waals surface area (Å²) in [5, 5.41) is 5.27. The molecule has 0 aromatic carbocycles. The molecule has 0 bridgehead atoms. The van der Waals surface area contributed by atoms with E-state index in [0.29, 0.717) is 11.7 Å². The van der Waals surface area contributed by atoms with E-state index in [1.807, 2.05) is 0 Å². The standard InChI is InChI=1S/C15H20N4O3S/c20-12-7-9-17-15(19-12)23-10-13(21)18-14(22)16-8-6-11-4-2-1-3-5-11/h4,7,9H,1-3,5-6,8,10H2,(H,17,19,20)(H2,16,18,21,22). The minimum absolute atomic E-state index is 0.00548. The Labute approximate surface area is 138 Å². The zero-order chi connectivity index (χ0) is 16.5. The van der Waals surface area contributed by atoms with Gasteiger partial charge in [0.15, 0.2) is 5.16 Å². The van der Waals surface area contributed by atoms with Gasteiger partial charge in [-0.1, -0.05) is 23.4 Å². The van der Waals surface area contributed by atoms with E-state index in [0.717, 1.165) is 31.0 Å². The van der Waals surface area contributed by atoms with Gasteiger partial charge in [-0.2, -0.15) is 0 Å². The summed E-state index contributed by atoms with van der Waals surface area (Å²) in [7, 11) is 0. The van der Waals surface area contributed by atoms with Gasteiger partial charge in [-0.05, 0) is 32.1 Å². The summed E-state index contributed by atoms with van der Waals surface area (Å²) in [4.78, 5) is 40.8. The van der Waals surface area contributed by atoms with Gasteiger partial charge in [0.2, 0.25) is 5.91 Å². The quantitative estimate of drug-likeness (QED) is 0.416. The van der Waals surface area contributed by atoms with Gasteiger partial charge in [-0.3, -0.25) is 14.9 Å². The first-order valence-electron chi connectivity index (χ1n) is 7.57. The number of nitrogens with one attached hydrogen (secondary N) is 3. The molecule has 0 atom stereocenters. The van der Waals surface area contributed by atoms with Crippen molar-refractivity contribution < 1.29 is 9.59 Å². The van der Waals surface area contributed by atoms with E-state index in [9.17, 15) is 14.4 Å². The lowest BCUT2D eigenvalue weighted by molar-refractivity contribution is -0.117. The van der Waals surface area contributed by atoms with Crippen molar-refractivity contribution in [2.24, 2.45) is 0 Å². The zero-order valence-electron chi connectivity index (χ0n) is 12.8. The average Bonchev–Trinajstić information content (AvgIpc) is 2.54. The fraction of sp³-hybridized carbons (Fsp3) is 0.467. The van der Waals surface area contributed by atoms with Crippen LogP contribution in [-0.2, 0) is 4.79 Å². The molecule has 8 heteroatoms. The van der Waals surface area contributed by atoms with Crippen molar-refractivity contribution in [3.63, 3.8) is 0 Å². The summed E-state index contributed by atoms with van der Waals surface area (Å²) in [6.07, 6.45) is 9.10. The monoisotopic (exact) mass is 336 g/mol. The third-order valence-corrected chi connectivity index (χ3v) is 4.24. The molecule has 0 aliphatic heterocycles. The minimum Gasteiger partial charge on any atom is -0.337 e. The first-order valence-corrected chi connectivity index (χ1v) is 8.56. The second-order valence-electron chi connectivity index (χ2n) is 5.19. The van der Waals surface area contributed by atoms with Crippen molar-refractivity contribution in [2.45, 2.75) is 37.3 Å². The van der Waals surface area contributed by atoms with Crippen molar-refractivity contribution in [1.29, 1.82) is 0 Å². The van der Waals surface area contributed by atoms with E-state index < -0.39 is 11.9 Å². The third-order valence-electron chi connectivity index (χ3n) is 3.36. The number of nitrogens with zero attached hydrogens (tertiary/aromatic N) is 1. The minimum atomic E-state index is -0.499. The molecule has 1 aliphatic carbocycles.